The lowest BCUT2D eigenvalue weighted by molar-refractivity contribution is -0.142. The zero-order valence-electron chi connectivity index (χ0n) is 8.27. The molecule has 1 aliphatic rings. The maximum atomic E-state index is 10.4. The standard InChI is InChI=1S/C6H7N.C5H8O2/c7-6-4-2-1-3-5-6;1-7-5(6)4-2-3-4/h1-5H,7H2;4H,2-3H2,1H3. The largest absolute Gasteiger partial charge is 0.469 e. The van der Waals surface area contributed by atoms with E-state index in [4.69, 9.17) is 5.73 Å². The van der Waals surface area contributed by atoms with Gasteiger partial charge in [0.1, 0.15) is 0 Å². The summed E-state index contributed by atoms with van der Waals surface area (Å²) >= 11 is 0. The monoisotopic (exact) mass is 193 g/mol. The molecule has 0 aliphatic heterocycles. The summed E-state index contributed by atoms with van der Waals surface area (Å²) < 4.78 is 4.44. The van der Waals surface area contributed by atoms with E-state index >= 15 is 0 Å². The first kappa shape index (κ1) is 10.6. The van der Waals surface area contributed by atoms with Gasteiger partial charge in [-0.1, -0.05) is 18.2 Å². The van der Waals surface area contributed by atoms with Crippen LogP contribution in [0.2, 0.25) is 0 Å². The highest BCUT2D eigenvalue weighted by molar-refractivity contribution is 5.74. The Bertz CT molecular complexity index is 281. The van der Waals surface area contributed by atoms with Gasteiger partial charge in [0.05, 0.1) is 13.0 Å². The minimum Gasteiger partial charge on any atom is -0.469 e. The molecule has 0 amide bonds. The van der Waals surface area contributed by atoms with Gasteiger partial charge < -0.3 is 10.5 Å². The molecule has 3 heteroatoms. The molecule has 1 aromatic carbocycles. The van der Waals surface area contributed by atoms with Gasteiger partial charge in [-0.05, 0) is 25.0 Å². The molecule has 76 valence electrons. The summed E-state index contributed by atoms with van der Waals surface area (Å²) in [5, 5.41) is 0. The minimum atomic E-state index is -0.0417. The zero-order chi connectivity index (χ0) is 10.4. The van der Waals surface area contributed by atoms with Crippen molar-refractivity contribution < 1.29 is 9.53 Å². The van der Waals surface area contributed by atoms with Gasteiger partial charge in [0.25, 0.3) is 0 Å². The van der Waals surface area contributed by atoms with Crippen LogP contribution >= 0.6 is 0 Å². The molecule has 14 heavy (non-hydrogen) atoms. The number of hydrogen-bond acceptors (Lipinski definition) is 3. The van der Waals surface area contributed by atoms with Gasteiger partial charge in [-0.25, -0.2) is 0 Å². The Kier molecular flexibility index (Phi) is 3.98. The molecular weight excluding hydrogens is 178 g/mol. The molecule has 2 N–H and O–H groups in total. The third kappa shape index (κ3) is 3.94. The Labute approximate surface area is 83.9 Å². The van der Waals surface area contributed by atoms with Crippen LogP contribution in [0.25, 0.3) is 0 Å². The first-order valence-corrected chi connectivity index (χ1v) is 4.62. The van der Waals surface area contributed by atoms with Gasteiger partial charge in [0.15, 0.2) is 0 Å². The lowest BCUT2D eigenvalue weighted by Gasteiger charge is -1.89. The molecule has 0 radical (unpaired) electrons. The van der Waals surface area contributed by atoms with Crippen LogP contribution in [0.15, 0.2) is 30.3 Å². The van der Waals surface area contributed by atoms with Crippen molar-refractivity contribution in [3.05, 3.63) is 30.3 Å². The number of para-hydroxylation sites is 1. The predicted octanol–water partition coefficient (Wildman–Crippen LogP) is 1.84. The number of ether oxygens (including phenoxy) is 1. The van der Waals surface area contributed by atoms with E-state index in [1.54, 1.807) is 0 Å². The van der Waals surface area contributed by atoms with Crippen LogP contribution in [0, 0.1) is 5.92 Å². The van der Waals surface area contributed by atoms with Crippen LogP contribution in [0.5, 0.6) is 0 Å². The van der Waals surface area contributed by atoms with Crippen molar-refractivity contribution in [2.45, 2.75) is 12.8 Å². The summed E-state index contributed by atoms with van der Waals surface area (Å²) in [6.07, 6.45) is 2.07. The number of carbonyl (C=O) groups excluding carboxylic acids is 1. The van der Waals surface area contributed by atoms with E-state index in [-0.39, 0.29) is 11.9 Å². The van der Waals surface area contributed by atoms with Gasteiger partial charge in [-0.15, -0.1) is 0 Å². The van der Waals surface area contributed by atoms with E-state index in [0.29, 0.717) is 0 Å². The molecule has 1 saturated carbocycles. The molecule has 0 bridgehead atoms. The molecule has 0 saturated heterocycles. The first-order valence-electron chi connectivity index (χ1n) is 4.62. The van der Waals surface area contributed by atoms with Crippen molar-refractivity contribution in [3.63, 3.8) is 0 Å². The lowest BCUT2D eigenvalue weighted by atomic mass is 10.3. The molecule has 0 aromatic heterocycles. The lowest BCUT2D eigenvalue weighted by Crippen LogP contribution is -2.00. The number of nitrogens with two attached hydrogens (primary N) is 1. The Hall–Kier alpha value is -1.51. The van der Waals surface area contributed by atoms with Crippen LogP contribution in [0.1, 0.15) is 12.8 Å². The predicted molar refractivity (Wildman–Crippen MR) is 55.6 cm³/mol. The molecule has 0 atom stereocenters. The zero-order valence-corrected chi connectivity index (χ0v) is 8.27. The van der Waals surface area contributed by atoms with Crippen LogP contribution in [-0.4, -0.2) is 13.1 Å². The fraction of sp³-hybridized carbons (Fsp3) is 0.364. The number of benzene rings is 1. The Morgan fingerprint density at radius 2 is 1.93 bits per heavy atom. The number of hydrogen-bond donors (Lipinski definition) is 1. The normalized spacial score (nSPS) is 13.8. The molecule has 0 unspecified atom stereocenters. The topological polar surface area (TPSA) is 52.3 Å². The highest BCUT2D eigenvalue weighted by Gasteiger charge is 2.30. The summed E-state index contributed by atoms with van der Waals surface area (Å²) in [5.74, 6) is 0.213. The summed E-state index contributed by atoms with van der Waals surface area (Å²) in [5.41, 5.74) is 6.18. The third-order valence-electron chi connectivity index (χ3n) is 1.91. The summed E-state index contributed by atoms with van der Waals surface area (Å²) in [6.45, 7) is 0. The number of esters is 1. The number of anilines is 1. The van der Waals surface area contributed by atoms with Crippen LogP contribution in [0.3, 0.4) is 0 Å². The minimum absolute atomic E-state index is 0.0417. The van der Waals surface area contributed by atoms with Gasteiger partial charge in [0.2, 0.25) is 0 Å². The quantitative estimate of drug-likeness (QED) is 0.547. The average Bonchev–Trinajstić information content (AvgIpc) is 3.02. The first-order chi connectivity index (χ1) is 6.74. The van der Waals surface area contributed by atoms with Crippen LogP contribution in [0.4, 0.5) is 5.69 Å². The highest BCUT2D eigenvalue weighted by atomic mass is 16.5. The molecule has 1 aliphatic carbocycles. The van der Waals surface area contributed by atoms with E-state index in [2.05, 4.69) is 4.74 Å². The van der Waals surface area contributed by atoms with Crippen molar-refractivity contribution in [2.75, 3.05) is 12.8 Å². The summed E-state index contributed by atoms with van der Waals surface area (Å²) in [7, 11) is 1.43. The van der Waals surface area contributed by atoms with Crippen molar-refractivity contribution in [1.29, 1.82) is 0 Å². The maximum absolute atomic E-state index is 10.4. The molecular formula is C11H15NO2. The van der Waals surface area contributed by atoms with Gasteiger partial charge >= 0.3 is 5.97 Å². The number of nitrogen functional groups attached to an aromatic ring is 1. The summed E-state index contributed by atoms with van der Waals surface area (Å²) in [6, 6.07) is 9.49. The fourth-order valence-corrected chi connectivity index (χ4v) is 0.939. The number of carbonyl (C=O) groups is 1. The SMILES string of the molecule is COC(=O)C1CC1.Nc1ccccc1. The van der Waals surface area contributed by atoms with E-state index in [1.165, 1.54) is 7.11 Å². The van der Waals surface area contributed by atoms with E-state index in [9.17, 15) is 4.79 Å². The second kappa shape index (κ2) is 5.27. The Morgan fingerprint density at radius 3 is 2.14 bits per heavy atom. The fourth-order valence-electron chi connectivity index (χ4n) is 0.939. The maximum Gasteiger partial charge on any atom is 0.308 e. The highest BCUT2D eigenvalue weighted by Crippen LogP contribution is 2.29. The second-order valence-corrected chi connectivity index (χ2v) is 3.21. The molecule has 1 fully saturated rings. The van der Waals surface area contributed by atoms with Crippen LogP contribution in [-0.2, 0) is 9.53 Å². The molecule has 3 nitrogen and oxygen atoms in total. The molecule has 0 spiro atoms. The smallest absolute Gasteiger partial charge is 0.308 e. The average molecular weight is 193 g/mol. The van der Waals surface area contributed by atoms with E-state index < -0.39 is 0 Å². The van der Waals surface area contributed by atoms with Gasteiger partial charge in [0, 0.05) is 5.69 Å². The van der Waals surface area contributed by atoms with Crippen molar-refractivity contribution >= 4 is 11.7 Å². The molecule has 1 aromatic rings. The molecule has 0 heterocycles. The van der Waals surface area contributed by atoms with Crippen molar-refractivity contribution in [3.8, 4) is 0 Å². The van der Waals surface area contributed by atoms with E-state index in [0.717, 1.165) is 18.5 Å². The molecule has 2 rings (SSSR count). The Morgan fingerprint density at radius 1 is 1.36 bits per heavy atom. The van der Waals surface area contributed by atoms with Gasteiger partial charge in [-0.2, -0.15) is 0 Å². The summed E-state index contributed by atoms with van der Waals surface area (Å²) in [4.78, 5) is 10.4. The van der Waals surface area contributed by atoms with Gasteiger partial charge in [-0.3, -0.25) is 4.79 Å². The third-order valence-corrected chi connectivity index (χ3v) is 1.91. The van der Waals surface area contributed by atoms with Crippen LogP contribution < -0.4 is 5.73 Å². The number of methoxy groups -OCH3 is 1. The van der Waals surface area contributed by atoms with Crippen molar-refractivity contribution in [2.24, 2.45) is 5.92 Å². The number of rotatable bonds is 1. The van der Waals surface area contributed by atoms with Crippen molar-refractivity contribution in [1.82, 2.24) is 0 Å². The Balaban J connectivity index is 0.000000140. The van der Waals surface area contributed by atoms with E-state index in [1.807, 2.05) is 30.3 Å². The second-order valence-electron chi connectivity index (χ2n) is 3.21.